The summed E-state index contributed by atoms with van der Waals surface area (Å²) in [6.07, 6.45) is 3.62. The molecule has 3 aromatic rings. The number of rotatable bonds is 2. The van der Waals surface area contributed by atoms with E-state index in [1.54, 1.807) is 6.07 Å². The molecule has 2 aromatic heterocycles. The van der Waals surface area contributed by atoms with Gasteiger partial charge >= 0.3 is 0 Å². The van der Waals surface area contributed by atoms with Crippen LogP contribution in [0.25, 0.3) is 15.5 Å². The average Bonchev–Trinajstić information content (AvgIpc) is 2.89. The summed E-state index contributed by atoms with van der Waals surface area (Å²) >= 11 is 7.74. The highest BCUT2D eigenvalue weighted by molar-refractivity contribution is 7.19. The third-order valence-corrected chi connectivity index (χ3v) is 4.95. The minimum absolute atomic E-state index is 0.502. The summed E-state index contributed by atoms with van der Waals surface area (Å²) in [6.45, 7) is 0. The maximum Gasteiger partial charge on any atom is 0.234 e. The molecule has 20 heavy (non-hydrogen) atoms. The first-order valence-corrected chi connectivity index (χ1v) is 7.69. The predicted molar refractivity (Wildman–Crippen MR) is 80.1 cm³/mol. The van der Waals surface area contributed by atoms with E-state index in [0.29, 0.717) is 16.6 Å². The summed E-state index contributed by atoms with van der Waals surface area (Å²) in [5.74, 6) is 1.47. The quantitative estimate of drug-likeness (QED) is 0.737. The van der Waals surface area contributed by atoms with Crippen LogP contribution in [0.5, 0.6) is 0 Å². The zero-order chi connectivity index (χ0) is 13.7. The molecule has 1 saturated carbocycles. The molecule has 2 heterocycles. The van der Waals surface area contributed by atoms with E-state index in [9.17, 15) is 0 Å². The average molecular weight is 306 g/mol. The molecular formula is C13H12ClN5S. The summed E-state index contributed by atoms with van der Waals surface area (Å²) in [5.41, 5.74) is 7.26. The van der Waals surface area contributed by atoms with Gasteiger partial charge in [0, 0.05) is 17.2 Å². The normalized spacial score (nSPS) is 15.7. The van der Waals surface area contributed by atoms with Crippen LogP contribution in [-0.2, 0) is 0 Å². The fourth-order valence-electron chi connectivity index (χ4n) is 2.37. The lowest BCUT2D eigenvalue weighted by molar-refractivity contribution is 0.395. The van der Waals surface area contributed by atoms with Crippen molar-refractivity contribution < 1.29 is 0 Å². The topological polar surface area (TPSA) is 69.1 Å². The third-order valence-electron chi connectivity index (χ3n) is 3.71. The van der Waals surface area contributed by atoms with Crippen molar-refractivity contribution in [1.82, 2.24) is 19.8 Å². The Hall–Kier alpha value is -1.66. The Morgan fingerprint density at radius 2 is 2.15 bits per heavy atom. The van der Waals surface area contributed by atoms with E-state index in [-0.39, 0.29) is 0 Å². The fourth-order valence-corrected chi connectivity index (χ4v) is 3.59. The maximum absolute atomic E-state index is 6.24. The number of nitrogen functional groups attached to an aromatic ring is 1. The van der Waals surface area contributed by atoms with Crippen molar-refractivity contribution >= 4 is 33.6 Å². The highest BCUT2D eigenvalue weighted by atomic mass is 35.5. The van der Waals surface area contributed by atoms with Gasteiger partial charge in [0.2, 0.25) is 4.96 Å². The monoisotopic (exact) mass is 305 g/mol. The first kappa shape index (κ1) is 12.1. The van der Waals surface area contributed by atoms with Crippen LogP contribution in [0, 0.1) is 0 Å². The molecule has 0 spiro atoms. The van der Waals surface area contributed by atoms with Gasteiger partial charge in [-0.15, -0.1) is 10.2 Å². The van der Waals surface area contributed by atoms with Gasteiger partial charge in [-0.25, -0.2) is 0 Å². The molecule has 5 nitrogen and oxygen atoms in total. The van der Waals surface area contributed by atoms with Crippen molar-refractivity contribution in [2.45, 2.75) is 25.2 Å². The Labute approximate surface area is 124 Å². The minimum Gasteiger partial charge on any atom is -0.399 e. The van der Waals surface area contributed by atoms with Crippen LogP contribution in [-0.4, -0.2) is 19.8 Å². The molecule has 0 atom stereocenters. The summed E-state index contributed by atoms with van der Waals surface area (Å²) in [5, 5.41) is 14.6. The van der Waals surface area contributed by atoms with Crippen LogP contribution in [0.2, 0.25) is 5.02 Å². The molecule has 1 fully saturated rings. The lowest BCUT2D eigenvalue weighted by Gasteiger charge is -2.22. The van der Waals surface area contributed by atoms with Crippen LogP contribution in [0.3, 0.4) is 0 Å². The van der Waals surface area contributed by atoms with E-state index < -0.39 is 0 Å². The van der Waals surface area contributed by atoms with Crippen molar-refractivity contribution in [3.8, 4) is 10.6 Å². The highest BCUT2D eigenvalue weighted by Gasteiger charge is 2.26. The second-order valence-corrected chi connectivity index (χ2v) is 6.39. The first-order valence-electron chi connectivity index (χ1n) is 6.50. The minimum atomic E-state index is 0.502. The zero-order valence-electron chi connectivity index (χ0n) is 10.6. The van der Waals surface area contributed by atoms with Gasteiger partial charge in [0.1, 0.15) is 5.01 Å². The smallest absolute Gasteiger partial charge is 0.234 e. The number of halogens is 1. The molecule has 0 bridgehead atoms. The molecule has 1 aromatic carbocycles. The maximum atomic E-state index is 6.24. The Morgan fingerprint density at radius 3 is 2.85 bits per heavy atom. The molecule has 0 unspecified atom stereocenters. The molecule has 1 aliphatic rings. The number of benzene rings is 1. The van der Waals surface area contributed by atoms with E-state index in [2.05, 4.69) is 15.3 Å². The Morgan fingerprint density at radius 1 is 1.30 bits per heavy atom. The largest absolute Gasteiger partial charge is 0.399 e. The molecular weight excluding hydrogens is 294 g/mol. The van der Waals surface area contributed by atoms with Gasteiger partial charge in [0.15, 0.2) is 5.82 Å². The van der Waals surface area contributed by atoms with Crippen molar-refractivity contribution in [1.29, 1.82) is 0 Å². The molecule has 102 valence electrons. The van der Waals surface area contributed by atoms with E-state index in [0.717, 1.165) is 21.4 Å². The molecule has 0 aliphatic heterocycles. The molecule has 7 heteroatoms. The molecule has 2 N–H and O–H groups in total. The number of aromatic nitrogens is 4. The Bertz CT molecular complexity index is 789. The third kappa shape index (κ3) is 1.79. The number of nitrogens with zero attached hydrogens (tertiary/aromatic N) is 4. The number of hydrogen-bond donors (Lipinski definition) is 1. The Kier molecular flexibility index (Phi) is 2.68. The molecule has 0 amide bonds. The lowest BCUT2D eigenvalue weighted by atomic mass is 9.85. The first-order chi connectivity index (χ1) is 9.72. The molecule has 0 saturated heterocycles. The van der Waals surface area contributed by atoms with E-state index in [1.807, 2.05) is 16.6 Å². The second kappa shape index (κ2) is 4.43. The fraction of sp³-hybridized carbons (Fsp3) is 0.308. The van der Waals surface area contributed by atoms with Crippen molar-refractivity contribution in [3.05, 3.63) is 29.0 Å². The lowest BCUT2D eigenvalue weighted by Crippen LogP contribution is -2.12. The van der Waals surface area contributed by atoms with Gasteiger partial charge < -0.3 is 5.73 Å². The van der Waals surface area contributed by atoms with Crippen LogP contribution >= 0.6 is 22.9 Å². The number of nitrogens with two attached hydrogens (primary N) is 1. The van der Waals surface area contributed by atoms with Crippen LogP contribution in [0.4, 0.5) is 5.69 Å². The van der Waals surface area contributed by atoms with Crippen LogP contribution < -0.4 is 5.73 Å². The van der Waals surface area contributed by atoms with E-state index in [1.165, 1.54) is 30.6 Å². The number of anilines is 1. The second-order valence-electron chi connectivity index (χ2n) is 5.03. The molecule has 1 aliphatic carbocycles. The number of hydrogen-bond acceptors (Lipinski definition) is 5. The van der Waals surface area contributed by atoms with Gasteiger partial charge in [0.05, 0.1) is 5.02 Å². The van der Waals surface area contributed by atoms with Crippen molar-refractivity contribution in [2.24, 2.45) is 0 Å². The standard InChI is InChI=1S/C13H12ClN5S/c14-10-6-8(15)4-5-9(10)12-18-19-11(7-2-1-3-7)16-17-13(19)20-12/h4-7H,1-3,15H2. The van der Waals surface area contributed by atoms with Crippen LogP contribution in [0.15, 0.2) is 18.2 Å². The zero-order valence-corrected chi connectivity index (χ0v) is 12.2. The molecule has 0 radical (unpaired) electrons. The highest BCUT2D eigenvalue weighted by Crippen LogP contribution is 2.37. The van der Waals surface area contributed by atoms with Gasteiger partial charge in [-0.3, -0.25) is 0 Å². The van der Waals surface area contributed by atoms with E-state index >= 15 is 0 Å². The van der Waals surface area contributed by atoms with Crippen molar-refractivity contribution in [2.75, 3.05) is 5.73 Å². The summed E-state index contributed by atoms with van der Waals surface area (Å²) < 4.78 is 1.86. The van der Waals surface area contributed by atoms with Gasteiger partial charge in [-0.2, -0.15) is 9.61 Å². The number of fused-ring (bicyclic) bond motifs is 1. The predicted octanol–water partition coefficient (Wildman–Crippen LogP) is 3.36. The summed E-state index contributed by atoms with van der Waals surface area (Å²) in [4.78, 5) is 0.815. The molecule has 4 rings (SSSR count). The van der Waals surface area contributed by atoms with Gasteiger partial charge in [-0.1, -0.05) is 29.4 Å². The summed E-state index contributed by atoms with van der Waals surface area (Å²) in [7, 11) is 0. The van der Waals surface area contributed by atoms with Gasteiger partial charge in [0.25, 0.3) is 0 Å². The van der Waals surface area contributed by atoms with Crippen molar-refractivity contribution in [3.63, 3.8) is 0 Å². The van der Waals surface area contributed by atoms with Crippen LogP contribution in [0.1, 0.15) is 31.0 Å². The Balaban J connectivity index is 1.82. The van der Waals surface area contributed by atoms with E-state index in [4.69, 9.17) is 17.3 Å². The summed E-state index contributed by atoms with van der Waals surface area (Å²) in [6, 6.07) is 5.47. The van der Waals surface area contributed by atoms with Gasteiger partial charge in [-0.05, 0) is 31.0 Å². The SMILES string of the molecule is Nc1ccc(-c2nn3c(C4CCC4)nnc3s2)c(Cl)c1.